The second-order valence-corrected chi connectivity index (χ2v) is 5.10. The molecule has 3 heteroatoms. The molecule has 2 aliphatic rings. The number of ether oxygens (including phenoxy) is 1. The quantitative estimate of drug-likeness (QED) is 0.555. The third kappa shape index (κ3) is 2.45. The lowest BCUT2D eigenvalue weighted by atomic mass is 9.91. The Balaban J connectivity index is 2.18. The molecule has 0 aromatic rings. The van der Waals surface area contributed by atoms with Gasteiger partial charge in [-0.15, -0.1) is 0 Å². The van der Waals surface area contributed by atoms with Crippen LogP contribution in [0.2, 0.25) is 0 Å². The van der Waals surface area contributed by atoms with E-state index in [2.05, 4.69) is 19.6 Å². The minimum atomic E-state index is -0.256. The summed E-state index contributed by atoms with van der Waals surface area (Å²) in [7, 11) is 0. The Hall–Kier alpha value is -1.64. The first-order chi connectivity index (χ1) is 8.49. The molecule has 0 bridgehead atoms. The maximum atomic E-state index is 11.5. The van der Waals surface area contributed by atoms with Crippen LogP contribution in [0.25, 0.3) is 0 Å². The third-order valence-corrected chi connectivity index (χ3v) is 3.69. The highest BCUT2D eigenvalue weighted by atomic mass is 16.6. The van der Waals surface area contributed by atoms with Gasteiger partial charge in [0.2, 0.25) is 0 Å². The Labute approximate surface area is 107 Å². The standard InChI is InChI=1S/C15H18O3/c1-9-8-14-13(11(3)15(17)18-14)7-6-12(9)5-4-10(2)16/h4-6,9,13-14H,3,7-8H2,1-2H3/b5-4+/t9?,13-,14+/m1/s1. The van der Waals surface area contributed by atoms with Gasteiger partial charge in [-0.2, -0.15) is 0 Å². The number of hydrogen-bond acceptors (Lipinski definition) is 3. The van der Waals surface area contributed by atoms with Crippen LogP contribution in [0.4, 0.5) is 0 Å². The lowest BCUT2D eigenvalue weighted by molar-refractivity contribution is -0.139. The van der Waals surface area contributed by atoms with Crippen LogP contribution in [-0.4, -0.2) is 17.9 Å². The summed E-state index contributed by atoms with van der Waals surface area (Å²) in [5, 5.41) is 0. The molecule has 3 nitrogen and oxygen atoms in total. The van der Waals surface area contributed by atoms with Crippen LogP contribution >= 0.6 is 0 Å². The Bertz CT molecular complexity index is 456. The van der Waals surface area contributed by atoms with Gasteiger partial charge in [-0.3, -0.25) is 4.79 Å². The summed E-state index contributed by atoms with van der Waals surface area (Å²) < 4.78 is 5.34. The molecule has 96 valence electrons. The van der Waals surface area contributed by atoms with Crippen LogP contribution in [0.1, 0.15) is 26.7 Å². The topological polar surface area (TPSA) is 43.4 Å². The van der Waals surface area contributed by atoms with Crippen molar-refractivity contribution in [3.8, 4) is 0 Å². The molecule has 0 radical (unpaired) electrons. The Morgan fingerprint density at radius 2 is 2.28 bits per heavy atom. The van der Waals surface area contributed by atoms with Gasteiger partial charge in [-0.25, -0.2) is 4.79 Å². The fraction of sp³-hybridized carbons (Fsp3) is 0.467. The summed E-state index contributed by atoms with van der Waals surface area (Å²) >= 11 is 0. The summed E-state index contributed by atoms with van der Waals surface area (Å²) in [5.74, 6) is 0.175. The first-order valence-electron chi connectivity index (χ1n) is 6.27. The number of esters is 1. The summed E-state index contributed by atoms with van der Waals surface area (Å²) in [4.78, 5) is 22.4. The van der Waals surface area contributed by atoms with Crippen LogP contribution in [0.5, 0.6) is 0 Å². The van der Waals surface area contributed by atoms with E-state index in [-0.39, 0.29) is 29.7 Å². The Morgan fingerprint density at radius 1 is 1.56 bits per heavy atom. The fourth-order valence-electron chi connectivity index (χ4n) is 2.57. The molecule has 1 aliphatic heterocycles. The van der Waals surface area contributed by atoms with E-state index in [0.717, 1.165) is 18.4 Å². The van der Waals surface area contributed by atoms with Crippen molar-refractivity contribution in [3.63, 3.8) is 0 Å². The zero-order valence-corrected chi connectivity index (χ0v) is 10.8. The van der Waals surface area contributed by atoms with Crippen molar-refractivity contribution in [2.45, 2.75) is 32.8 Å². The molecule has 0 aromatic heterocycles. The van der Waals surface area contributed by atoms with E-state index in [1.807, 2.05) is 6.08 Å². The SMILES string of the molecule is C=C1C(=O)O[C@H]2CC(C)C(/C=C/C(C)=O)=CC[C@H]12. The molecule has 18 heavy (non-hydrogen) atoms. The van der Waals surface area contributed by atoms with Crippen LogP contribution in [0.15, 0.2) is 36.0 Å². The number of carbonyl (C=O) groups is 2. The van der Waals surface area contributed by atoms with E-state index in [9.17, 15) is 9.59 Å². The van der Waals surface area contributed by atoms with Gasteiger partial charge < -0.3 is 4.74 Å². The summed E-state index contributed by atoms with van der Waals surface area (Å²) in [6, 6.07) is 0. The lowest BCUT2D eigenvalue weighted by Gasteiger charge is -2.16. The van der Waals surface area contributed by atoms with E-state index >= 15 is 0 Å². The molecule has 3 atom stereocenters. The predicted molar refractivity (Wildman–Crippen MR) is 68.8 cm³/mol. The highest BCUT2D eigenvalue weighted by Gasteiger charge is 2.40. The maximum absolute atomic E-state index is 11.5. The molecule has 1 aliphatic carbocycles. The number of carbonyl (C=O) groups excluding carboxylic acids is 2. The Morgan fingerprint density at radius 3 is 2.94 bits per heavy atom. The minimum Gasteiger partial charge on any atom is -0.458 e. The van der Waals surface area contributed by atoms with E-state index in [1.165, 1.54) is 6.92 Å². The second-order valence-electron chi connectivity index (χ2n) is 5.10. The largest absolute Gasteiger partial charge is 0.458 e. The minimum absolute atomic E-state index is 0.0448. The average molecular weight is 246 g/mol. The molecule has 1 fully saturated rings. The van der Waals surface area contributed by atoms with Crippen LogP contribution < -0.4 is 0 Å². The highest BCUT2D eigenvalue weighted by molar-refractivity contribution is 5.91. The van der Waals surface area contributed by atoms with Gasteiger partial charge in [0.1, 0.15) is 6.10 Å². The summed E-state index contributed by atoms with van der Waals surface area (Å²) in [5.41, 5.74) is 1.73. The normalized spacial score (nSPS) is 31.9. The zero-order chi connectivity index (χ0) is 13.3. The van der Waals surface area contributed by atoms with E-state index in [4.69, 9.17) is 4.74 Å². The van der Waals surface area contributed by atoms with Crippen molar-refractivity contribution in [1.82, 2.24) is 0 Å². The van der Waals surface area contributed by atoms with Crippen LogP contribution in [0.3, 0.4) is 0 Å². The van der Waals surface area contributed by atoms with Crippen molar-refractivity contribution in [3.05, 3.63) is 36.0 Å². The molecule has 1 heterocycles. The van der Waals surface area contributed by atoms with Crippen LogP contribution in [0, 0.1) is 11.8 Å². The second kappa shape index (κ2) is 4.92. The number of ketones is 1. The van der Waals surface area contributed by atoms with Crippen molar-refractivity contribution in [1.29, 1.82) is 0 Å². The molecule has 2 rings (SSSR count). The average Bonchev–Trinajstić information content (AvgIpc) is 2.46. The highest BCUT2D eigenvalue weighted by Crippen LogP contribution is 2.38. The third-order valence-electron chi connectivity index (χ3n) is 3.69. The number of hydrogen-bond donors (Lipinski definition) is 0. The predicted octanol–water partition coefficient (Wildman–Crippen LogP) is 2.59. The molecular weight excluding hydrogens is 228 g/mol. The van der Waals surface area contributed by atoms with Crippen molar-refractivity contribution in [2.24, 2.45) is 11.8 Å². The number of fused-ring (bicyclic) bond motifs is 1. The van der Waals surface area contributed by atoms with Gasteiger partial charge in [0.05, 0.1) is 0 Å². The van der Waals surface area contributed by atoms with Gasteiger partial charge in [0.15, 0.2) is 5.78 Å². The van der Waals surface area contributed by atoms with E-state index < -0.39 is 0 Å². The molecule has 0 N–H and O–H groups in total. The molecule has 1 saturated heterocycles. The van der Waals surface area contributed by atoms with E-state index in [0.29, 0.717) is 5.57 Å². The summed E-state index contributed by atoms with van der Waals surface area (Å²) in [6.07, 6.45) is 7.06. The van der Waals surface area contributed by atoms with Gasteiger partial charge in [0, 0.05) is 11.5 Å². The van der Waals surface area contributed by atoms with Gasteiger partial charge in [-0.1, -0.05) is 25.7 Å². The molecule has 0 spiro atoms. The van der Waals surface area contributed by atoms with Gasteiger partial charge in [0.25, 0.3) is 0 Å². The monoisotopic (exact) mass is 246 g/mol. The first kappa shape index (κ1) is 12.8. The maximum Gasteiger partial charge on any atom is 0.334 e. The van der Waals surface area contributed by atoms with Crippen molar-refractivity contribution < 1.29 is 14.3 Å². The van der Waals surface area contributed by atoms with Crippen LogP contribution in [-0.2, 0) is 14.3 Å². The Kier molecular flexibility index (Phi) is 3.50. The molecular formula is C15H18O3. The fourth-order valence-corrected chi connectivity index (χ4v) is 2.57. The molecule has 1 unspecified atom stereocenters. The van der Waals surface area contributed by atoms with Gasteiger partial charge in [-0.05, 0) is 37.3 Å². The van der Waals surface area contributed by atoms with Gasteiger partial charge >= 0.3 is 5.97 Å². The zero-order valence-electron chi connectivity index (χ0n) is 10.8. The summed E-state index contributed by atoms with van der Waals surface area (Å²) in [6.45, 7) is 7.44. The number of allylic oxidation sites excluding steroid dienone is 4. The van der Waals surface area contributed by atoms with Crippen molar-refractivity contribution >= 4 is 11.8 Å². The first-order valence-corrected chi connectivity index (χ1v) is 6.27. The smallest absolute Gasteiger partial charge is 0.334 e. The molecule has 0 aromatic carbocycles. The van der Waals surface area contributed by atoms with Crippen molar-refractivity contribution in [2.75, 3.05) is 0 Å². The lowest BCUT2D eigenvalue weighted by Crippen LogP contribution is -2.17. The molecule has 0 saturated carbocycles. The van der Waals surface area contributed by atoms with E-state index in [1.54, 1.807) is 6.08 Å². The number of rotatable bonds is 2. The molecule has 0 amide bonds.